The molecule has 0 aliphatic rings. The van der Waals surface area contributed by atoms with Crippen LogP contribution in [0.25, 0.3) is 16.2 Å². The molecular weight excluding hydrogens is 476 g/mol. The topological polar surface area (TPSA) is 114 Å². The third kappa shape index (κ3) is 4.54. The molecule has 0 fully saturated rings. The van der Waals surface area contributed by atoms with Gasteiger partial charge in [-0.25, -0.2) is 9.50 Å². The van der Waals surface area contributed by atoms with Gasteiger partial charge in [0, 0.05) is 28.5 Å². The largest absolute Gasteiger partial charge is 0.497 e. The van der Waals surface area contributed by atoms with Crippen molar-refractivity contribution in [3.8, 4) is 17.0 Å². The van der Waals surface area contributed by atoms with E-state index in [2.05, 4.69) is 25.4 Å². The van der Waals surface area contributed by atoms with E-state index < -0.39 is 11.5 Å². The first-order chi connectivity index (χ1) is 16.5. The highest BCUT2D eigenvalue weighted by atomic mass is 35.5. The van der Waals surface area contributed by atoms with E-state index in [1.54, 1.807) is 23.8 Å². The third-order valence-electron chi connectivity index (χ3n) is 5.00. The monoisotopic (exact) mass is 492 g/mol. The fraction of sp³-hybridized carbons (Fsp3) is 0.0870. The maximum absolute atomic E-state index is 12.8. The molecule has 170 valence electrons. The Balaban J connectivity index is 1.36. The molecule has 5 rings (SSSR count). The molecule has 0 aliphatic carbocycles. The molecule has 0 atom stereocenters. The summed E-state index contributed by atoms with van der Waals surface area (Å²) in [6, 6.07) is 15.9. The maximum atomic E-state index is 12.8. The second kappa shape index (κ2) is 9.08. The van der Waals surface area contributed by atoms with Gasteiger partial charge in [-0.1, -0.05) is 35.9 Å². The number of fused-ring (bicyclic) bond motifs is 1. The number of nitrogens with one attached hydrogen (secondary N) is 2. The predicted molar refractivity (Wildman–Crippen MR) is 130 cm³/mol. The molecule has 0 saturated carbocycles. The highest BCUT2D eigenvalue weighted by Crippen LogP contribution is 2.27. The van der Waals surface area contributed by atoms with Crippen molar-refractivity contribution in [2.45, 2.75) is 6.42 Å². The number of nitrogens with zero attached hydrogens (tertiary/aromatic N) is 4. The summed E-state index contributed by atoms with van der Waals surface area (Å²) in [6.07, 6.45) is 0.350. The number of anilines is 1. The summed E-state index contributed by atoms with van der Waals surface area (Å²) in [6.45, 7) is 0. The lowest BCUT2D eigenvalue weighted by Crippen LogP contribution is -2.21. The Hall–Kier alpha value is -4.02. The van der Waals surface area contributed by atoms with Crippen molar-refractivity contribution >= 4 is 39.8 Å². The van der Waals surface area contributed by atoms with Crippen LogP contribution in [0.3, 0.4) is 0 Å². The Kier molecular flexibility index (Phi) is 5.83. The molecule has 34 heavy (non-hydrogen) atoms. The van der Waals surface area contributed by atoms with Gasteiger partial charge in [-0.3, -0.25) is 14.9 Å². The van der Waals surface area contributed by atoms with Crippen molar-refractivity contribution in [1.82, 2.24) is 24.6 Å². The first-order valence-electron chi connectivity index (χ1n) is 10.1. The highest BCUT2D eigenvalue weighted by molar-refractivity contribution is 7.15. The zero-order chi connectivity index (χ0) is 23.7. The number of rotatable bonds is 6. The van der Waals surface area contributed by atoms with Crippen molar-refractivity contribution in [2.24, 2.45) is 0 Å². The Morgan fingerprint density at radius 1 is 1.15 bits per heavy atom. The summed E-state index contributed by atoms with van der Waals surface area (Å²) in [4.78, 5) is 36.9. The Morgan fingerprint density at radius 3 is 2.65 bits per heavy atom. The van der Waals surface area contributed by atoms with Gasteiger partial charge in [-0.05, 0) is 29.8 Å². The van der Waals surface area contributed by atoms with Gasteiger partial charge < -0.3 is 9.72 Å². The van der Waals surface area contributed by atoms with Crippen LogP contribution in [0.4, 0.5) is 5.95 Å². The fourth-order valence-electron chi connectivity index (χ4n) is 3.36. The average Bonchev–Trinajstić information content (AvgIpc) is 3.40. The van der Waals surface area contributed by atoms with Crippen LogP contribution in [0.5, 0.6) is 5.75 Å². The third-order valence-corrected chi connectivity index (χ3v) is 6.07. The second-order valence-corrected chi connectivity index (χ2v) is 8.59. The number of amides is 1. The van der Waals surface area contributed by atoms with Gasteiger partial charge >= 0.3 is 0 Å². The quantitative estimate of drug-likeness (QED) is 0.369. The molecule has 5 aromatic rings. The Labute approximate surface area is 202 Å². The standard InChI is InChI=1S/C23H17ClN6O3S/c1-33-16-8-2-13(3-9-16)10-19-25-17(11-20(31)26-19)21(32)27-22-28-23-30(29-22)18(12-34-23)14-4-6-15(24)7-5-14/h2-9,11-12H,10H2,1H3,(H,25,26,31)(H,27,29,32). The van der Waals surface area contributed by atoms with Crippen molar-refractivity contribution in [1.29, 1.82) is 0 Å². The zero-order valence-corrected chi connectivity index (χ0v) is 19.4. The lowest BCUT2D eigenvalue weighted by Gasteiger charge is -2.05. The molecule has 0 bridgehead atoms. The summed E-state index contributed by atoms with van der Waals surface area (Å²) in [5, 5.41) is 9.58. The summed E-state index contributed by atoms with van der Waals surface area (Å²) >= 11 is 7.37. The number of hydrogen-bond acceptors (Lipinski definition) is 7. The molecule has 2 aromatic carbocycles. The number of ether oxygens (including phenoxy) is 1. The van der Waals surface area contributed by atoms with Crippen LogP contribution < -0.4 is 15.6 Å². The number of aromatic nitrogens is 5. The number of carbonyl (C=O) groups excluding carboxylic acids is 1. The number of halogens is 1. The summed E-state index contributed by atoms with van der Waals surface area (Å²) in [5.41, 5.74) is 2.20. The number of thiazole rings is 1. The van der Waals surface area contributed by atoms with E-state index in [4.69, 9.17) is 16.3 Å². The first-order valence-corrected chi connectivity index (χ1v) is 11.4. The van der Waals surface area contributed by atoms with Crippen LogP contribution >= 0.6 is 22.9 Å². The van der Waals surface area contributed by atoms with Gasteiger partial charge in [0.1, 0.15) is 17.3 Å². The first kappa shape index (κ1) is 21.8. The number of aromatic amines is 1. The minimum absolute atomic E-state index is 0.0247. The van der Waals surface area contributed by atoms with Crippen molar-refractivity contribution in [3.05, 3.63) is 92.4 Å². The minimum Gasteiger partial charge on any atom is -0.497 e. The number of H-pyrrole nitrogens is 1. The van der Waals surface area contributed by atoms with E-state index in [0.717, 1.165) is 28.6 Å². The fourth-order valence-corrected chi connectivity index (χ4v) is 4.32. The normalized spacial score (nSPS) is 11.0. The van der Waals surface area contributed by atoms with E-state index in [9.17, 15) is 9.59 Å². The smallest absolute Gasteiger partial charge is 0.276 e. The second-order valence-electron chi connectivity index (χ2n) is 7.31. The lowest BCUT2D eigenvalue weighted by atomic mass is 10.1. The van der Waals surface area contributed by atoms with Crippen LogP contribution in [0, 0.1) is 0 Å². The van der Waals surface area contributed by atoms with E-state index in [1.165, 1.54) is 11.3 Å². The SMILES string of the molecule is COc1ccc(Cc2nc(C(=O)Nc3nc4scc(-c5ccc(Cl)cc5)n4n3)cc(=O)[nH]2)cc1. The van der Waals surface area contributed by atoms with E-state index >= 15 is 0 Å². The highest BCUT2D eigenvalue weighted by Gasteiger charge is 2.16. The van der Waals surface area contributed by atoms with E-state index in [0.29, 0.717) is 22.2 Å². The van der Waals surface area contributed by atoms with Crippen LogP contribution in [-0.2, 0) is 6.42 Å². The van der Waals surface area contributed by atoms with Crippen LogP contribution in [0.15, 0.2) is 64.8 Å². The maximum Gasteiger partial charge on any atom is 0.276 e. The molecular formula is C23H17ClN6O3S. The molecule has 0 radical (unpaired) electrons. The van der Waals surface area contributed by atoms with Gasteiger partial charge in [-0.2, -0.15) is 4.98 Å². The molecule has 9 nitrogen and oxygen atoms in total. The molecule has 0 spiro atoms. The minimum atomic E-state index is -0.576. The van der Waals surface area contributed by atoms with Crippen LogP contribution in [-0.4, -0.2) is 37.6 Å². The molecule has 3 heterocycles. The molecule has 0 unspecified atom stereocenters. The van der Waals surface area contributed by atoms with Gasteiger partial charge in [0.2, 0.25) is 4.96 Å². The number of benzene rings is 2. The van der Waals surface area contributed by atoms with Crippen LogP contribution in [0.1, 0.15) is 21.9 Å². The van der Waals surface area contributed by atoms with Gasteiger partial charge in [0.25, 0.3) is 17.4 Å². The van der Waals surface area contributed by atoms with Crippen molar-refractivity contribution in [3.63, 3.8) is 0 Å². The average molecular weight is 493 g/mol. The summed E-state index contributed by atoms with van der Waals surface area (Å²) in [5.74, 6) is 0.635. The summed E-state index contributed by atoms with van der Waals surface area (Å²) in [7, 11) is 1.59. The molecule has 0 aliphatic heterocycles. The molecule has 1 amide bonds. The molecule has 11 heteroatoms. The van der Waals surface area contributed by atoms with Crippen molar-refractivity contribution < 1.29 is 9.53 Å². The lowest BCUT2D eigenvalue weighted by molar-refractivity contribution is 0.102. The van der Waals surface area contributed by atoms with E-state index in [1.807, 2.05) is 41.8 Å². The molecule has 0 saturated heterocycles. The van der Waals surface area contributed by atoms with Gasteiger partial charge in [0.15, 0.2) is 0 Å². The Bertz CT molecular complexity index is 1540. The van der Waals surface area contributed by atoms with Crippen LogP contribution in [0.2, 0.25) is 5.02 Å². The van der Waals surface area contributed by atoms with Gasteiger partial charge in [0.05, 0.1) is 12.8 Å². The summed E-state index contributed by atoms with van der Waals surface area (Å²) < 4.78 is 6.80. The zero-order valence-electron chi connectivity index (χ0n) is 17.8. The van der Waals surface area contributed by atoms with Gasteiger partial charge in [-0.15, -0.1) is 16.4 Å². The van der Waals surface area contributed by atoms with Crippen molar-refractivity contribution in [2.75, 3.05) is 12.4 Å². The molecule has 2 N–H and O–H groups in total. The number of hydrogen-bond donors (Lipinski definition) is 2. The van der Waals surface area contributed by atoms with E-state index in [-0.39, 0.29) is 11.6 Å². The predicted octanol–water partition coefficient (Wildman–Crippen LogP) is 4.05. The number of carbonyl (C=O) groups is 1. The number of methoxy groups -OCH3 is 1. The molecule has 3 aromatic heterocycles. The Morgan fingerprint density at radius 2 is 1.91 bits per heavy atom.